The van der Waals surface area contributed by atoms with E-state index in [0.717, 1.165) is 0 Å². The van der Waals surface area contributed by atoms with Crippen molar-refractivity contribution in [3.8, 4) is 11.5 Å². The molecule has 1 heterocycles. The van der Waals surface area contributed by atoms with Crippen molar-refractivity contribution in [2.75, 3.05) is 6.61 Å². The molecular weight excluding hydrogens is 252 g/mol. The van der Waals surface area contributed by atoms with Gasteiger partial charge >= 0.3 is 5.97 Å². The molecule has 0 radical (unpaired) electrons. The summed E-state index contributed by atoms with van der Waals surface area (Å²) in [6.07, 6.45) is 0. The Balaban J connectivity index is 2.46. The Labute approximate surface area is 88.6 Å². The Morgan fingerprint density at radius 2 is 2.36 bits per heavy atom. The highest BCUT2D eigenvalue weighted by atomic mass is 79.9. The van der Waals surface area contributed by atoms with E-state index in [1.54, 1.807) is 12.1 Å². The number of para-hydroxylation sites is 1. The second-order valence-corrected chi connectivity index (χ2v) is 3.80. The second-order valence-electron chi connectivity index (χ2n) is 2.78. The number of halogens is 1. The summed E-state index contributed by atoms with van der Waals surface area (Å²) in [6.45, 7) is 0.303. The minimum atomic E-state index is -1.02. The molecule has 1 aromatic carbocycles. The number of carboxylic acids is 1. The molecule has 1 atom stereocenters. The van der Waals surface area contributed by atoms with E-state index in [-0.39, 0.29) is 10.6 Å². The van der Waals surface area contributed by atoms with E-state index < -0.39 is 5.97 Å². The molecule has 0 spiro atoms. The predicted molar refractivity (Wildman–Crippen MR) is 52.2 cm³/mol. The van der Waals surface area contributed by atoms with Crippen LogP contribution in [-0.2, 0) is 0 Å². The van der Waals surface area contributed by atoms with Crippen LogP contribution in [0.2, 0.25) is 0 Å². The fourth-order valence-corrected chi connectivity index (χ4v) is 1.58. The van der Waals surface area contributed by atoms with Gasteiger partial charge in [0.15, 0.2) is 16.5 Å². The molecule has 1 aliphatic heterocycles. The number of hydrogen-bond donors (Lipinski definition) is 1. The zero-order valence-electron chi connectivity index (χ0n) is 7.07. The molecule has 1 unspecified atom stereocenters. The quantitative estimate of drug-likeness (QED) is 0.782. The molecule has 1 aliphatic rings. The van der Waals surface area contributed by atoms with Gasteiger partial charge in [0, 0.05) is 0 Å². The van der Waals surface area contributed by atoms with Gasteiger partial charge < -0.3 is 14.6 Å². The molecule has 5 heteroatoms. The first-order chi connectivity index (χ1) is 6.68. The lowest BCUT2D eigenvalue weighted by Gasteiger charge is -2.23. The first-order valence-corrected chi connectivity index (χ1v) is 4.90. The molecule has 0 saturated carbocycles. The van der Waals surface area contributed by atoms with Gasteiger partial charge in [-0.1, -0.05) is 6.07 Å². The molecule has 0 fully saturated rings. The van der Waals surface area contributed by atoms with E-state index >= 15 is 0 Å². The maximum atomic E-state index is 10.8. The van der Waals surface area contributed by atoms with Crippen LogP contribution in [0.4, 0.5) is 0 Å². The van der Waals surface area contributed by atoms with Gasteiger partial charge in [0.1, 0.15) is 12.2 Å². The van der Waals surface area contributed by atoms with Crippen molar-refractivity contribution in [3.63, 3.8) is 0 Å². The van der Waals surface area contributed by atoms with Gasteiger partial charge in [-0.3, -0.25) is 0 Å². The van der Waals surface area contributed by atoms with Crippen LogP contribution in [0.5, 0.6) is 11.5 Å². The highest BCUT2D eigenvalue weighted by Gasteiger charge is 2.23. The maximum absolute atomic E-state index is 10.8. The van der Waals surface area contributed by atoms with E-state index in [9.17, 15) is 4.79 Å². The first-order valence-electron chi connectivity index (χ1n) is 3.98. The summed E-state index contributed by atoms with van der Waals surface area (Å²) in [5.41, 5.74) is 0.127. The molecule has 74 valence electrons. The molecule has 14 heavy (non-hydrogen) atoms. The third-order valence-corrected chi connectivity index (χ3v) is 2.27. The van der Waals surface area contributed by atoms with Crippen molar-refractivity contribution in [3.05, 3.63) is 23.8 Å². The van der Waals surface area contributed by atoms with Gasteiger partial charge in [-0.05, 0) is 28.1 Å². The molecule has 0 saturated heterocycles. The zero-order valence-corrected chi connectivity index (χ0v) is 8.65. The Morgan fingerprint density at radius 3 is 3.07 bits per heavy atom. The van der Waals surface area contributed by atoms with Gasteiger partial charge in [-0.15, -0.1) is 0 Å². The fourth-order valence-electron chi connectivity index (χ4n) is 1.25. The summed E-state index contributed by atoms with van der Waals surface area (Å²) in [7, 11) is 0. The van der Waals surface area contributed by atoms with Crippen LogP contribution < -0.4 is 9.47 Å². The number of aromatic carboxylic acids is 1. The molecule has 0 aromatic heterocycles. The third kappa shape index (κ3) is 1.55. The van der Waals surface area contributed by atoms with E-state index in [0.29, 0.717) is 18.1 Å². The summed E-state index contributed by atoms with van der Waals surface area (Å²) < 4.78 is 10.6. The second kappa shape index (κ2) is 3.49. The van der Waals surface area contributed by atoms with E-state index in [1.165, 1.54) is 6.07 Å². The van der Waals surface area contributed by atoms with Crippen LogP contribution in [0.15, 0.2) is 18.2 Å². The molecule has 0 amide bonds. The van der Waals surface area contributed by atoms with Crippen molar-refractivity contribution >= 4 is 21.9 Å². The van der Waals surface area contributed by atoms with E-state index in [2.05, 4.69) is 15.9 Å². The lowest BCUT2D eigenvalue weighted by atomic mass is 10.2. The summed E-state index contributed by atoms with van der Waals surface area (Å²) in [5, 5.41) is 8.64. The summed E-state index contributed by atoms with van der Waals surface area (Å²) in [4.78, 5) is 10.8. The SMILES string of the molecule is O=C(O)c1cccc2c1OCC(Br)O2. The molecule has 0 bridgehead atoms. The standard InChI is InChI=1S/C9H7BrO4/c10-7-4-13-8-5(9(11)12)2-1-3-6(8)14-7/h1-3,7H,4H2,(H,11,12). The average molecular weight is 259 g/mol. The Hall–Kier alpha value is -1.23. The fraction of sp³-hybridized carbons (Fsp3) is 0.222. The number of carboxylic acid groups (broad SMARTS) is 1. The maximum Gasteiger partial charge on any atom is 0.339 e. The van der Waals surface area contributed by atoms with Crippen molar-refractivity contribution in [2.45, 2.75) is 5.01 Å². The topological polar surface area (TPSA) is 55.8 Å². The average Bonchev–Trinajstić information content (AvgIpc) is 2.16. The number of ether oxygens (including phenoxy) is 2. The minimum Gasteiger partial charge on any atom is -0.484 e. The zero-order chi connectivity index (χ0) is 10.1. The van der Waals surface area contributed by atoms with Crippen molar-refractivity contribution in [1.82, 2.24) is 0 Å². The third-order valence-electron chi connectivity index (χ3n) is 1.82. The summed E-state index contributed by atoms with van der Waals surface area (Å²) >= 11 is 3.23. The number of benzene rings is 1. The Bertz CT molecular complexity index is 377. The van der Waals surface area contributed by atoms with Gasteiger partial charge in [-0.2, -0.15) is 0 Å². The van der Waals surface area contributed by atoms with Crippen LogP contribution >= 0.6 is 15.9 Å². The van der Waals surface area contributed by atoms with Crippen molar-refractivity contribution in [2.24, 2.45) is 0 Å². The van der Waals surface area contributed by atoms with Crippen LogP contribution in [0.25, 0.3) is 0 Å². The molecule has 1 N–H and O–H groups in total. The Kier molecular flexibility index (Phi) is 2.33. The van der Waals surface area contributed by atoms with E-state index in [4.69, 9.17) is 14.6 Å². The molecule has 4 nitrogen and oxygen atoms in total. The van der Waals surface area contributed by atoms with Crippen molar-refractivity contribution in [1.29, 1.82) is 0 Å². The summed E-state index contributed by atoms with van der Waals surface area (Å²) in [6, 6.07) is 4.78. The first kappa shape index (κ1) is 9.33. The predicted octanol–water partition coefficient (Wildman–Crippen LogP) is 1.88. The smallest absolute Gasteiger partial charge is 0.339 e. The lowest BCUT2D eigenvalue weighted by molar-refractivity contribution is 0.0684. The lowest BCUT2D eigenvalue weighted by Crippen LogP contribution is -2.24. The number of carbonyl (C=O) groups is 1. The number of rotatable bonds is 1. The van der Waals surface area contributed by atoms with Crippen LogP contribution in [0.1, 0.15) is 10.4 Å². The largest absolute Gasteiger partial charge is 0.484 e. The van der Waals surface area contributed by atoms with Gasteiger partial charge in [0.2, 0.25) is 0 Å². The van der Waals surface area contributed by atoms with Crippen LogP contribution in [0.3, 0.4) is 0 Å². The Morgan fingerprint density at radius 1 is 1.57 bits per heavy atom. The molecule has 0 aliphatic carbocycles. The van der Waals surface area contributed by atoms with Gasteiger partial charge in [0.05, 0.1) is 0 Å². The number of hydrogen-bond acceptors (Lipinski definition) is 3. The number of alkyl halides is 1. The molecule has 2 rings (SSSR count). The highest BCUT2D eigenvalue weighted by molar-refractivity contribution is 9.09. The van der Waals surface area contributed by atoms with Crippen molar-refractivity contribution < 1.29 is 19.4 Å². The number of fused-ring (bicyclic) bond motifs is 1. The van der Waals surface area contributed by atoms with Crippen LogP contribution in [-0.4, -0.2) is 22.7 Å². The van der Waals surface area contributed by atoms with E-state index in [1.807, 2.05) is 0 Å². The molecular formula is C9H7BrO4. The van der Waals surface area contributed by atoms with Gasteiger partial charge in [0.25, 0.3) is 0 Å². The highest BCUT2D eigenvalue weighted by Crippen LogP contribution is 2.35. The van der Waals surface area contributed by atoms with Gasteiger partial charge in [-0.25, -0.2) is 4.79 Å². The molecule has 1 aromatic rings. The van der Waals surface area contributed by atoms with Crippen LogP contribution in [0, 0.1) is 0 Å². The summed E-state index contributed by atoms with van der Waals surface area (Å²) in [5.74, 6) is -0.257. The normalized spacial score (nSPS) is 19.1. The monoisotopic (exact) mass is 258 g/mol. The minimum absolute atomic E-state index is 0.127.